The second-order valence-electron chi connectivity index (χ2n) is 8.77. The molecule has 1 amide bonds. The first kappa shape index (κ1) is 25.4. The molecule has 0 radical (unpaired) electrons. The van der Waals surface area contributed by atoms with Crippen molar-refractivity contribution in [2.45, 2.75) is 70.9 Å². The molecule has 3 rings (SSSR count). The second-order valence-corrected chi connectivity index (χ2v) is 8.77. The van der Waals surface area contributed by atoms with Gasteiger partial charge in [0.25, 0.3) is 5.56 Å². The Morgan fingerprint density at radius 2 is 1.62 bits per heavy atom. The predicted molar refractivity (Wildman–Crippen MR) is 130 cm³/mol. The van der Waals surface area contributed by atoms with E-state index >= 15 is 0 Å². The topological polar surface area (TPSA) is 90.9 Å². The van der Waals surface area contributed by atoms with Crippen molar-refractivity contribution in [2.24, 2.45) is 14.1 Å². The van der Waals surface area contributed by atoms with Gasteiger partial charge < -0.3 is 9.88 Å². The number of rotatable bonds is 13. The van der Waals surface area contributed by atoms with Gasteiger partial charge in [0.15, 0.2) is 11.2 Å². The number of hydrogen-bond donors (Lipinski definition) is 1. The quantitative estimate of drug-likeness (QED) is 0.387. The van der Waals surface area contributed by atoms with Crippen LogP contribution in [0.3, 0.4) is 0 Å². The molecule has 1 N–H and O–H groups in total. The summed E-state index contributed by atoms with van der Waals surface area (Å²) in [5.74, 6) is -0.347. The van der Waals surface area contributed by atoms with Crippen molar-refractivity contribution in [1.29, 1.82) is 0 Å². The molecule has 0 unspecified atom stereocenters. The van der Waals surface area contributed by atoms with Crippen molar-refractivity contribution in [3.8, 4) is 0 Å². The van der Waals surface area contributed by atoms with E-state index in [4.69, 9.17) is 0 Å². The van der Waals surface area contributed by atoms with E-state index in [0.717, 1.165) is 51.4 Å². The van der Waals surface area contributed by atoms with Crippen molar-refractivity contribution < 1.29 is 9.18 Å². The van der Waals surface area contributed by atoms with Crippen molar-refractivity contribution in [3.63, 3.8) is 0 Å². The number of halogens is 1. The number of nitrogens with zero attached hydrogens (tertiary/aromatic N) is 4. The zero-order valence-electron chi connectivity index (χ0n) is 20.1. The van der Waals surface area contributed by atoms with Crippen molar-refractivity contribution in [1.82, 2.24) is 24.0 Å². The lowest BCUT2D eigenvalue weighted by Crippen LogP contribution is -2.39. The minimum absolute atomic E-state index is 0.0473. The molecule has 0 aliphatic rings. The Morgan fingerprint density at radius 1 is 0.971 bits per heavy atom. The molecule has 0 fully saturated rings. The Hall–Kier alpha value is -3.23. The van der Waals surface area contributed by atoms with Gasteiger partial charge in [-0.15, -0.1) is 0 Å². The monoisotopic (exact) mass is 471 g/mol. The van der Waals surface area contributed by atoms with Gasteiger partial charge in [0.1, 0.15) is 5.82 Å². The van der Waals surface area contributed by atoms with Gasteiger partial charge in [-0.05, 0) is 18.9 Å². The molecule has 0 saturated heterocycles. The number of fused-ring (bicyclic) bond motifs is 1. The molecule has 1 aromatic carbocycles. The van der Waals surface area contributed by atoms with Gasteiger partial charge in [0, 0.05) is 39.2 Å². The fourth-order valence-electron chi connectivity index (χ4n) is 4.13. The number of nitrogens with one attached hydrogen (secondary N) is 1. The standard InChI is InChI=1S/C25H34FN5O3/c1-29-18-28-23-22(29)24(33)31(25(34)30(23)2)16-12-8-6-4-3-5-7-9-15-21(32)27-17-19-13-10-11-14-20(19)26/h10-11,13-14,18H,3-9,12,15-17H2,1-2H3,(H,27,32). The molecule has 0 saturated carbocycles. The number of aromatic nitrogens is 4. The van der Waals surface area contributed by atoms with Gasteiger partial charge in [-0.1, -0.05) is 56.7 Å². The highest BCUT2D eigenvalue weighted by Gasteiger charge is 2.14. The van der Waals surface area contributed by atoms with Gasteiger partial charge in [-0.3, -0.25) is 18.7 Å². The summed E-state index contributed by atoms with van der Waals surface area (Å²) < 4.78 is 17.9. The maximum absolute atomic E-state index is 13.6. The van der Waals surface area contributed by atoms with Crippen molar-refractivity contribution in [3.05, 3.63) is 62.8 Å². The average molecular weight is 472 g/mol. The Morgan fingerprint density at radius 3 is 2.32 bits per heavy atom. The number of unbranched alkanes of at least 4 members (excludes halogenated alkanes) is 7. The van der Waals surface area contributed by atoms with Crippen LogP contribution in [0.4, 0.5) is 4.39 Å². The van der Waals surface area contributed by atoms with Crippen LogP contribution in [-0.4, -0.2) is 24.6 Å². The smallest absolute Gasteiger partial charge is 0.332 e. The van der Waals surface area contributed by atoms with Gasteiger partial charge in [-0.2, -0.15) is 0 Å². The largest absolute Gasteiger partial charge is 0.352 e. The van der Waals surface area contributed by atoms with E-state index in [9.17, 15) is 18.8 Å². The maximum Gasteiger partial charge on any atom is 0.332 e. The normalized spacial score (nSPS) is 11.3. The van der Waals surface area contributed by atoms with E-state index in [2.05, 4.69) is 10.3 Å². The number of hydrogen-bond acceptors (Lipinski definition) is 4. The summed E-state index contributed by atoms with van der Waals surface area (Å²) in [5.41, 5.74) is 0.753. The second kappa shape index (κ2) is 12.3. The van der Waals surface area contributed by atoms with Gasteiger partial charge in [-0.25, -0.2) is 14.2 Å². The third kappa shape index (κ3) is 6.42. The highest BCUT2D eigenvalue weighted by Crippen LogP contribution is 2.11. The van der Waals surface area contributed by atoms with Crippen LogP contribution in [0.15, 0.2) is 40.2 Å². The molecular formula is C25H34FN5O3. The number of carbonyl (C=O) groups excluding carboxylic acids is 1. The third-order valence-electron chi connectivity index (χ3n) is 6.17. The van der Waals surface area contributed by atoms with Crippen molar-refractivity contribution >= 4 is 17.1 Å². The first-order valence-corrected chi connectivity index (χ1v) is 12.0. The summed E-state index contributed by atoms with van der Waals surface area (Å²) in [4.78, 5) is 41.2. The van der Waals surface area contributed by atoms with Gasteiger partial charge >= 0.3 is 5.69 Å². The number of amides is 1. The first-order chi connectivity index (χ1) is 16.4. The summed E-state index contributed by atoms with van der Waals surface area (Å²) >= 11 is 0. The zero-order valence-corrected chi connectivity index (χ0v) is 20.1. The fourth-order valence-corrected chi connectivity index (χ4v) is 4.13. The molecule has 8 nitrogen and oxygen atoms in total. The molecule has 2 heterocycles. The lowest BCUT2D eigenvalue weighted by Gasteiger charge is -2.08. The van der Waals surface area contributed by atoms with E-state index in [-0.39, 0.29) is 29.5 Å². The van der Waals surface area contributed by atoms with Crippen LogP contribution in [0, 0.1) is 5.82 Å². The molecule has 0 aliphatic heterocycles. The zero-order chi connectivity index (χ0) is 24.5. The number of carbonyl (C=O) groups is 1. The summed E-state index contributed by atoms with van der Waals surface area (Å²) in [6.07, 6.45) is 9.86. The first-order valence-electron chi connectivity index (χ1n) is 12.0. The fraction of sp³-hybridized carbons (Fsp3) is 0.520. The van der Waals surface area contributed by atoms with Gasteiger partial charge in [0.05, 0.1) is 6.33 Å². The van der Waals surface area contributed by atoms with Crippen LogP contribution in [0.2, 0.25) is 0 Å². The van der Waals surface area contributed by atoms with Crippen LogP contribution >= 0.6 is 0 Å². The number of benzene rings is 1. The molecule has 0 bridgehead atoms. The lowest BCUT2D eigenvalue weighted by atomic mass is 10.1. The minimum atomic E-state index is -0.325. The number of imidazole rings is 1. The lowest BCUT2D eigenvalue weighted by molar-refractivity contribution is -0.121. The SMILES string of the molecule is Cn1cnc2c1c(=O)n(CCCCCCCCCCC(=O)NCc1ccccc1F)c(=O)n2C. The van der Waals surface area contributed by atoms with Crippen LogP contribution < -0.4 is 16.6 Å². The molecular weight excluding hydrogens is 437 g/mol. The summed E-state index contributed by atoms with van der Waals surface area (Å²) in [6.45, 7) is 0.633. The molecule has 2 aromatic heterocycles. The Bertz CT molecular complexity index is 1230. The molecule has 184 valence electrons. The van der Waals surface area contributed by atoms with Crippen LogP contribution in [-0.2, 0) is 32.0 Å². The van der Waals surface area contributed by atoms with Crippen LogP contribution in [0.25, 0.3) is 11.2 Å². The molecule has 34 heavy (non-hydrogen) atoms. The van der Waals surface area contributed by atoms with E-state index in [1.807, 2.05) is 0 Å². The molecule has 3 aromatic rings. The third-order valence-corrected chi connectivity index (χ3v) is 6.17. The van der Waals surface area contributed by atoms with E-state index in [0.29, 0.717) is 29.7 Å². The summed E-state index contributed by atoms with van der Waals surface area (Å²) in [6, 6.07) is 6.45. The van der Waals surface area contributed by atoms with Crippen LogP contribution in [0.5, 0.6) is 0 Å². The van der Waals surface area contributed by atoms with Crippen molar-refractivity contribution in [2.75, 3.05) is 0 Å². The van der Waals surface area contributed by atoms with E-state index in [1.165, 1.54) is 15.2 Å². The number of aryl methyl sites for hydroxylation is 2. The Kier molecular flexibility index (Phi) is 9.18. The highest BCUT2D eigenvalue weighted by molar-refractivity contribution is 5.75. The average Bonchev–Trinajstić information content (AvgIpc) is 3.22. The summed E-state index contributed by atoms with van der Waals surface area (Å²) in [7, 11) is 3.39. The molecule has 0 aliphatic carbocycles. The minimum Gasteiger partial charge on any atom is -0.352 e. The van der Waals surface area contributed by atoms with Crippen LogP contribution in [0.1, 0.15) is 63.4 Å². The Balaban J connectivity index is 1.26. The molecule has 9 heteroatoms. The molecule has 0 spiro atoms. The highest BCUT2D eigenvalue weighted by atomic mass is 19.1. The molecule has 0 atom stereocenters. The predicted octanol–water partition coefficient (Wildman–Crippen LogP) is 3.40. The summed E-state index contributed by atoms with van der Waals surface area (Å²) in [5, 5.41) is 2.77. The van der Waals surface area contributed by atoms with E-state index < -0.39 is 0 Å². The maximum atomic E-state index is 13.6. The van der Waals surface area contributed by atoms with Gasteiger partial charge in [0.2, 0.25) is 5.91 Å². The van der Waals surface area contributed by atoms with E-state index in [1.54, 1.807) is 43.2 Å². The Labute approximate surface area is 198 Å².